The lowest BCUT2D eigenvalue weighted by atomic mass is 10.0. The minimum Gasteiger partial charge on any atom is -0.454 e. The minimum atomic E-state index is -0.583. The van der Waals surface area contributed by atoms with E-state index >= 15 is 0 Å². The second kappa shape index (κ2) is 9.04. The Hall–Kier alpha value is -5.31. The van der Waals surface area contributed by atoms with Crippen molar-refractivity contribution in [2.24, 2.45) is 0 Å². The molecule has 0 unspecified atom stereocenters. The number of carbonyl (C=O) groups excluding carboxylic acids is 1. The number of benzene rings is 4. The number of nitrogens with zero attached hydrogens (tertiary/aromatic N) is 3. The highest BCUT2D eigenvalue weighted by Crippen LogP contribution is 2.40. The van der Waals surface area contributed by atoms with Gasteiger partial charge in [0.2, 0.25) is 6.79 Å². The summed E-state index contributed by atoms with van der Waals surface area (Å²) in [6.07, 6.45) is 0. The molecule has 1 aliphatic rings. The molecule has 0 saturated carbocycles. The molecular weight excluding hydrogens is 472 g/mol. The summed E-state index contributed by atoms with van der Waals surface area (Å²) in [4.78, 5) is 33.9. The number of nitrogens with one attached hydrogen (secondary N) is 1. The number of amides is 1. The van der Waals surface area contributed by atoms with Crippen molar-refractivity contribution in [3.05, 3.63) is 107 Å². The van der Waals surface area contributed by atoms with Gasteiger partial charge in [-0.3, -0.25) is 14.9 Å². The first-order chi connectivity index (χ1) is 18.1. The van der Waals surface area contributed by atoms with Crippen molar-refractivity contribution < 1.29 is 19.2 Å². The van der Waals surface area contributed by atoms with Crippen LogP contribution in [0, 0.1) is 10.1 Å². The van der Waals surface area contributed by atoms with E-state index in [0.29, 0.717) is 22.5 Å². The van der Waals surface area contributed by atoms with E-state index in [1.165, 1.54) is 12.1 Å². The number of aromatic nitrogens is 2. The van der Waals surface area contributed by atoms with Gasteiger partial charge in [0.05, 0.1) is 33.4 Å². The molecule has 180 valence electrons. The van der Waals surface area contributed by atoms with Gasteiger partial charge in [0.15, 0.2) is 11.5 Å². The summed E-state index contributed by atoms with van der Waals surface area (Å²) < 4.78 is 10.5. The zero-order valence-corrected chi connectivity index (χ0v) is 19.3. The Morgan fingerprint density at radius 2 is 1.38 bits per heavy atom. The molecule has 4 aromatic carbocycles. The monoisotopic (exact) mass is 490 g/mol. The third-order valence-corrected chi connectivity index (χ3v) is 5.96. The van der Waals surface area contributed by atoms with Crippen LogP contribution in [0.15, 0.2) is 91.0 Å². The number of carbonyl (C=O) groups is 1. The van der Waals surface area contributed by atoms with Gasteiger partial charge < -0.3 is 14.8 Å². The lowest BCUT2D eigenvalue weighted by molar-refractivity contribution is -0.384. The Kier molecular flexibility index (Phi) is 5.42. The maximum Gasteiger partial charge on any atom is 0.296 e. The fourth-order valence-corrected chi connectivity index (χ4v) is 4.17. The average Bonchev–Trinajstić information content (AvgIpc) is 3.40. The molecule has 0 bridgehead atoms. The maximum absolute atomic E-state index is 13.1. The Balaban J connectivity index is 1.41. The van der Waals surface area contributed by atoms with Crippen molar-refractivity contribution in [2.45, 2.75) is 0 Å². The fraction of sp³-hybridized carbons (Fsp3) is 0.0357. The van der Waals surface area contributed by atoms with Crippen LogP contribution >= 0.6 is 0 Å². The maximum atomic E-state index is 13.1. The van der Waals surface area contributed by atoms with Gasteiger partial charge in [-0.25, -0.2) is 9.97 Å². The molecule has 37 heavy (non-hydrogen) atoms. The average molecular weight is 490 g/mol. The van der Waals surface area contributed by atoms with E-state index in [1.807, 2.05) is 60.7 Å². The standard InChI is InChI=1S/C28H18N4O5/c33-28(31-22-14-24-25(37-16-36-24)15-23(22)32(34)35)19-11-12-20-21(13-19)30-27(18-9-5-2-6-10-18)26(29-20)17-7-3-1-4-8-17/h1-15H,16H2,(H,31,33). The first-order valence-electron chi connectivity index (χ1n) is 11.4. The van der Waals surface area contributed by atoms with Gasteiger partial charge in [0, 0.05) is 22.8 Å². The highest BCUT2D eigenvalue weighted by molar-refractivity contribution is 6.07. The Morgan fingerprint density at radius 1 is 0.784 bits per heavy atom. The summed E-state index contributed by atoms with van der Waals surface area (Å²) >= 11 is 0. The second-order valence-electron chi connectivity index (χ2n) is 8.29. The van der Waals surface area contributed by atoms with Crippen molar-refractivity contribution in [3.8, 4) is 34.0 Å². The summed E-state index contributed by atoms with van der Waals surface area (Å²) in [5, 5.41) is 14.2. The van der Waals surface area contributed by atoms with Crippen LogP contribution in [0.1, 0.15) is 10.4 Å². The van der Waals surface area contributed by atoms with Crippen LogP contribution in [0.5, 0.6) is 11.5 Å². The van der Waals surface area contributed by atoms with Gasteiger partial charge in [-0.2, -0.15) is 0 Å². The van der Waals surface area contributed by atoms with Gasteiger partial charge in [-0.05, 0) is 18.2 Å². The van der Waals surface area contributed by atoms with E-state index in [1.54, 1.807) is 18.2 Å². The molecule has 0 aliphatic carbocycles. The molecule has 0 radical (unpaired) electrons. The Labute approximate surface area is 210 Å². The van der Waals surface area contributed by atoms with Crippen molar-refractivity contribution in [1.82, 2.24) is 9.97 Å². The lowest BCUT2D eigenvalue weighted by Gasteiger charge is -2.12. The molecule has 9 nitrogen and oxygen atoms in total. The molecule has 5 aromatic rings. The zero-order chi connectivity index (χ0) is 25.4. The molecule has 1 aliphatic heterocycles. The number of anilines is 1. The SMILES string of the molecule is O=C(Nc1cc2c(cc1[N+](=O)[O-])OCO2)c1ccc2nc(-c3ccccc3)c(-c3ccccc3)nc2c1. The number of nitro groups is 1. The third-order valence-electron chi connectivity index (χ3n) is 5.96. The molecule has 1 aromatic heterocycles. The van der Waals surface area contributed by atoms with Crippen LogP contribution in [0.4, 0.5) is 11.4 Å². The number of hydrogen-bond acceptors (Lipinski definition) is 7. The molecule has 1 amide bonds. The van der Waals surface area contributed by atoms with E-state index in [4.69, 9.17) is 19.4 Å². The van der Waals surface area contributed by atoms with E-state index in [-0.39, 0.29) is 29.5 Å². The summed E-state index contributed by atoms with van der Waals surface area (Å²) in [6.45, 7) is -0.0397. The highest BCUT2D eigenvalue weighted by Gasteiger charge is 2.25. The Bertz CT molecular complexity index is 1670. The van der Waals surface area contributed by atoms with Gasteiger partial charge in [-0.1, -0.05) is 60.7 Å². The minimum absolute atomic E-state index is 0.00910. The molecule has 0 atom stereocenters. The van der Waals surface area contributed by atoms with E-state index in [9.17, 15) is 14.9 Å². The smallest absolute Gasteiger partial charge is 0.296 e. The Morgan fingerprint density at radius 3 is 2.00 bits per heavy atom. The van der Waals surface area contributed by atoms with Crippen molar-refractivity contribution >= 4 is 28.3 Å². The van der Waals surface area contributed by atoms with Gasteiger partial charge in [0.25, 0.3) is 11.6 Å². The summed E-state index contributed by atoms with van der Waals surface area (Å²) in [7, 11) is 0. The quantitative estimate of drug-likeness (QED) is 0.242. The van der Waals surface area contributed by atoms with E-state index in [2.05, 4.69) is 5.32 Å². The largest absolute Gasteiger partial charge is 0.454 e. The molecule has 1 N–H and O–H groups in total. The van der Waals surface area contributed by atoms with Crippen LogP contribution in [0.3, 0.4) is 0 Å². The number of ether oxygens (including phenoxy) is 2. The van der Waals surface area contributed by atoms with Crippen molar-refractivity contribution in [3.63, 3.8) is 0 Å². The lowest BCUT2D eigenvalue weighted by Crippen LogP contribution is -2.13. The number of rotatable bonds is 5. The van der Waals surface area contributed by atoms with Gasteiger partial charge in [0.1, 0.15) is 5.69 Å². The second-order valence-corrected chi connectivity index (χ2v) is 8.29. The third kappa shape index (κ3) is 4.19. The molecule has 2 heterocycles. The molecule has 0 fully saturated rings. The zero-order valence-electron chi connectivity index (χ0n) is 19.3. The predicted molar refractivity (Wildman–Crippen MR) is 138 cm³/mol. The fourth-order valence-electron chi connectivity index (χ4n) is 4.17. The summed E-state index contributed by atoms with van der Waals surface area (Å²) in [5.41, 5.74) is 4.35. The normalized spacial score (nSPS) is 11.9. The topological polar surface area (TPSA) is 116 Å². The van der Waals surface area contributed by atoms with Gasteiger partial charge >= 0.3 is 0 Å². The number of hydrogen-bond donors (Lipinski definition) is 1. The summed E-state index contributed by atoms with van der Waals surface area (Å²) in [5.74, 6) is 0.0543. The van der Waals surface area contributed by atoms with Crippen LogP contribution in [-0.2, 0) is 0 Å². The molecule has 9 heteroatoms. The van der Waals surface area contributed by atoms with Crippen LogP contribution < -0.4 is 14.8 Å². The van der Waals surface area contributed by atoms with E-state index < -0.39 is 10.8 Å². The van der Waals surface area contributed by atoms with Crippen molar-refractivity contribution in [2.75, 3.05) is 12.1 Å². The highest BCUT2D eigenvalue weighted by atomic mass is 16.7. The first kappa shape index (κ1) is 22.2. The first-order valence-corrected chi connectivity index (χ1v) is 11.4. The van der Waals surface area contributed by atoms with Crippen LogP contribution in [0.2, 0.25) is 0 Å². The van der Waals surface area contributed by atoms with Crippen LogP contribution in [0.25, 0.3) is 33.5 Å². The number of fused-ring (bicyclic) bond motifs is 2. The van der Waals surface area contributed by atoms with Gasteiger partial charge in [-0.15, -0.1) is 0 Å². The van der Waals surface area contributed by atoms with E-state index in [0.717, 1.165) is 16.8 Å². The predicted octanol–water partition coefficient (Wildman–Crippen LogP) is 5.85. The molecule has 6 rings (SSSR count). The summed E-state index contributed by atoms with van der Waals surface area (Å²) in [6, 6.07) is 27.0. The molecular formula is C28H18N4O5. The van der Waals surface area contributed by atoms with Crippen LogP contribution in [-0.4, -0.2) is 27.6 Å². The molecule has 0 saturated heterocycles. The number of nitro benzene ring substituents is 1. The molecule has 0 spiro atoms. The van der Waals surface area contributed by atoms with Crippen molar-refractivity contribution in [1.29, 1.82) is 0 Å².